The van der Waals surface area contributed by atoms with Gasteiger partial charge in [0.2, 0.25) is 5.91 Å². The highest BCUT2D eigenvalue weighted by atomic mass is 35.5. The van der Waals surface area contributed by atoms with Crippen molar-refractivity contribution in [3.8, 4) is 0 Å². The molecule has 110 valence electrons. The number of aromatic nitrogens is 1. The number of hydrogen-bond acceptors (Lipinski definition) is 3. The van der Waals surface area contributed by atoms with Crippen LogP contribution in [0.1, 0.15) is 37.7 Å². The number of anilines is 1. The van der Waals surface area contributed by atoms with Gasteiger partial charge in [0, 0.05) is 6.04 Å². The highest BCUT2D eigenvalue weighted by Gasteiger charge is 2.27. The molecule has 4 nitrogen and oxygen atoms in total. The molecule has 0 spiro atoms. The monoisotopic (exact) mass is 315 g/mol. The highest BCUT2D eigenvalue weighted by molar-refractivity contribution is 6.34. The van der Waals surface area contributed by atoms with Gasteiger partial charge in [0.05, 0.1) is 11.6 Å². The van der Waals surface area contributed by atoms with Crippen molar-refractivity contribution in [2.75, 3.05) is 5.32 Å². The lowest BCUT2D eigenvalue weighted by Crippen LogP contribution is -2.38. The van der Waals surface area contributed by atoms with Gasteiger partial charge in [-0.3, -0.25) is 4.79 Å². The number of carbonyl (C=O) groups excluding carboxylic acids is 1. The van der Waals surface area contributed by atoms with Crippen LogP contribution in [0, 0.1) is 12.8 Å². The van der Waals surface area contributed by atoms with Gasteiger partial charge in [-0.1, -0.05) is 42.5 Å². The Morgan fingerprint density at radius 2 is 2.05 bits per heavy atom. The van der Waals surface area contributed by atoms with Gasteiger partial charge in [-0.2, -0.15) is 0 Å². The van der Waals surface area contributed by atoms with Crippen molar-refractivity contribution in [2.45, 2.75) is 45.1 Å². The summed E-state index contributed by atoms with van der Waals surface area (Å²) in [4.78, 5) is 16.4. The van der Waals surface area contributed by atoms with Crippen LogP contribution in [0.25, 0.3) is 0 Å². The molecule has 2 unspecified atom stereocenters. The van der Waals surface area contributed by atoms with E-state index in [0.717, 1.165) is 37.7 Å². The van der Waals surface area contributed by atoms with E-state index in [9.17, 15) is 4.79 Å². The molecule has 3 N–H and O–H groups in total. The maximum absolute atomic E-state index is 12.4. The van der Waals surface area contributed by atoms with E-state index in [1.165, 1.54) is 0 Å². The molecule has 0 bridgehead atoms. The molecule has 1 amide bonds. The predicted molar refractivity (Wildman–Crippen MR) is 82.2 cm³/mol. The summed E-state index contributed by atoms with van der Waals surface area (Å²) >= 11 is 11.9. The summed E-state index contributed by atoms with van der Waals surface area (Å²) in [6.45, 7) is 1.84. The Bertz CT molecular complexity index is 484. The van der Waals surface area contributed by atoms with Crippen LogP contribution in [0.5, 0.6) is 0 Å². The summed E-state index contributed by atoms with van der Waals surface area (Å²) in [6, 6.07) is 1.59. The number of aryl methyl sites for hydroxylation is 1. The number of carbonyl (C=O) groups is 1. The van der Waals surface area contributed by atoms with E-state index in [2.05, 4.69) is 10.3 Å². The molecule has 2 atom stereocenters. The van der Waals surface area contributed by atoms with E-state index in [-0.39, 0.29) is 23.0 Å². The maximum Gasteiger partial charge on any atom is 0.229 e. The molecule has 0 aromatic carbocycles. The number of nitrogens with two attached hydrogens (primary N) is 1. The van der Waals surface area contributed by atoms with E-state index in [1.807, 2.05) is 6.92 Å². The first-order chi connectivity index (χ1) is 9.49. The Morgan fingerprint density at radius 1 is 1.35 bits per heavy atom. The topological polar surface area (TPSA) is 68.0 Å². The van der Waals surface area contributed by atoms with Crippen LogP contribution >= 0.6 is 23.2 Å². The van der Waals surface area contributed by atoms with Crippen molar-refractivity contribution in [3.05, 3.63) is 21.9 Å². The van der Waals surface area contributed by atoms with E-state index in [1.54, 1.807) is 6.07 Å². The lowest BCUT2D eigenvalue weighted by Gasteiger charge is -2.21. The first-order valence-corrected chi connectivity index (χ1v) is 7.63. The Kier molecular flexibility index (Phi) is 5.24. The van der Waals surface area contributed by atoms with Crippen molar-refractivity contribution in [3.63, 3.8) is 0 Å². The molecular weight excluding hydrogens is 297 g/mol. The summed E-state index contributed by atoms with van der Waals surface area (Å²) in [5.41, 5.74) is 7.43. The zero-order valence-electron chi connectivity index (χ0n) is 11.5. The molecule has 1 saturated carbocycles. The molecule has 0 aliphatic heterocycles. The normalized spacial score (nSPS) is 23.2. The molecule has 0 radical (unpaired) electrons. The lowest BCUT2D eigenvalue weighted by atomic mass is 9.94. The van der Waals surface area contributed by atoms with E-state index < -0.39 is 0 Å². The standard InChI is InChI=1S/C14H19Cl2N3O/c1-8-7-11(15)18-13(16)12(8)19-14(20)9-5-3-2-4-6-10(9)17/h7,9-10H,2-6,17H2,1H3,(H,19,20). The Balaban J connectivity index is 2.15. The first-order valence-electron chi connectivity index (χ1n) is 6.88. The van der Waals surface area contributed by atoms with Crippen LogP contribution in [0.4, 0.5) is 5.69 Å². The first kappa shape index (κ1) is 15.5. The van der Waals surface area contributed by atoms with Crippen LogP contribution in [-0.2, 0) is 4.79 Å². The quantitative estimate of drug-likeness (QED) is 0.648. The number of rotatable bonds is 2. The third-order valence-corrected chi connectivity index (χ3v) is 4.26. The zero-order chi connectivity index (χ0) is 14.7. The van der Waals surface area contributed by atoms with Crippen molar-refractivity contribution in [1.29, 1.82) is 0 Å². The molecule has 1 aromatic rings. The molecule has 1 heterocycles. The van der Waals surface area contributed by atoms with Gasteiger partial charge in [-0.15, -0.1) is 0 Å². The SMILES string of the molecule is Cc1cc(Cl)nc(Cl)c1NC(=O)C1CCCCCC1N. The number of pyridine rings is 1. The van der Waals surface area contributed by atoms with Crippen molar-refractivity contribution >= 4 is 34.8 Å². The van der Waals surface area contributed by atoms with Gasteiger partial charge in [-0.05, 0) is 31.4 Å². The molecule has 1 aromatic heterocycles. The highest BCUT2D eigenvalue weighted by Crippen LogP contribution is 2.29. The van der Waals surface area contributed by atoms with E-state index >= 15 is 0 Å². The fourth-order valence-corrected chi connectivity index (χ4v) is 3.20. The fourth-order valence-electron chi connectivity index (χ4n) is 2.62. The number of nitrogens with one attached hydrogen (secondary N) is 1. The zero-order valence-corrected chi connectivity index (χ0v) is 13.0. The molecule has 0 saturated heterocycles. The number of nitrogens with zero attached hydrogens (tertiary/aromatic N) is 1. The molecule has 1 aliphatic carbocycles. The number of halogens is 2. The summed E-state index contributed by atoms with van der Waals surface area (Å²) in [5.74, 6) is -0.239. The third-order valence-electron chi connectivity index (χ3n) is 3.80. The minimum Gasteiger partial charge on any atom is -0.327 e. The molecular formula is C14H19Cl2N3O. The molecule has 1 fully saturated rings. The van der Waals surface area contributed by atoms with Gasteiger partial charge in [0.1, 0.15) is 5.15 Å². The van der Waals surface area contributed by atoms with Crippen molar-refractivity contribution in [1.82, 2.24) is 4.98 Å². The maximum atomic E-state index is 12.4. The van der Waals surface area contributed by atoms with Crippen molar-refractivity contribution in [2.24, 2.45) is 11.7 Å². The van der Waals surface area contributed by atoms with Crippen LogP contribution in [-0.4, -0.2) is 16.9 Å². The van der Waals surface area contributed by atoms with Gasteiger partial charge in [0.15, 0.2) is 5.15 Å². The second-order valence-electron chi connectivity index (χ2n) is 5.33. The Hall–Kier alpha value is -0.840. The van der Waals surface area contributed by atoms with Crippen LogP contribution in [0.3, 0.4) is 0 Å². The number of hydrogen-bond donors (Lipinski definition) is 2. The van der Waals surface area contributed by atoms with Gasteiger partial charge < -0.3 is 11.1 Å². The predicted octanol–water partition coefficient (Wildman–Crippen LogP) is 3.54. The second-order valence-corrected chi connectivity index (χ2v) is 6.07. The molecule has 2 rings (SSSR count). The smallest absolute Gasteiger partial charge is 0.229 e. The largest absolute Gasteiger partial charge is 0.327 e. The minimum atomic E-state index is -0.163. The Labute approximate surface area is 129 Å². The summed E-state index contributed by atoms with van der Waals surface area (Å²) in [5, 5.41) is 3.39. The van der Waals surface area contributed by atoms with Crippen molar-refractivity contribution < 1.29 is 4.79 Å². The summed E-state index contributed by atoms with van der Waals surface area (Å²) < 4.78 is 0. The van der Waals surface area contributed by atoms with Gasteiger partial charge >= 0.3 is 0 Å². The fraction of sp³-hybridized carbons (Fsp3) is 0.571. The third kappa shape index (κ3) is 3.62. The van der Waals surface area contributed by atoms with E-state index in [0.29, 0.717) is 10.8 Å². The number of amides is 1. The van der Waals surface area contributed by atoms with Gasteiger partial charge in [0.25, 0.3) is 0 Å². The van der Waals surface area contributed by atoms with Crippen LogP contribution < -0.4 is 11.1 Å². The van der Waals surface area contributed by atoms with Crippen LogP contribution in [0.2, 0.25) is 10.3 Å². The average Bonchev–Trinajstić information content (AvgIpc) is 2.58. The summed E-state index contributed by atoms with van der Waals surface area (Å²) in [6.07, 6.45) is 4.98. The van der Waals surface area contributed by atoms with Crippen LogP contribution in [0.15, 0.2) is 6.07 Å². The Morgan fingerprint density at radius 3 is 2.75 bits per heavy atom. The van der Waals surface area contributed by atoms with E-state index in [4.69, 9.17) is 28.9 Å². The minimum absolute atomic E-state index is 0.0754. The lowest BCUT2D eigenvalue weighted by molar-refractivity contribution is -0.120. The summed E-state index contributed by atoms with van der Waals surface area (Å²) in [7, 11) is 0. The average molecular weight is 316 g/mol. The molecule has 6 heteroatoms. The molecule has 20 heavy (non-hydrogen) atoms. The molecule has 1 aliphatic rings. The second kappa shape index (κ2) is 6.74. The van der Waals surface area contributed by atoms with Gasteiger partial charge in [-0.25, -0.2) is 4.98 Å².